The number of aromatic nitrogens is 2. The lowest BCUT2D eigenvalue weighted by Crippen LogP contribution is -2.05. The highest BCUT2D eigenvalue weighted by Gasteiger charge is 2.10. The molecule has 0 bridgehead atoms. The van der Waals surface area contributed by atoms with Gasteiger partial charge in [-0.25, -0.2) is 4.98 Å². The van der Waals surface area contributed by atoms with Crippen LogP contribution in [0.1, 0.15) is 5.69 Å². The summed E-state index contributed by atoms with van der Waals surface area (Å²) in [6.45, 7) is 0.651. The van der Waals surface area contributed by atoms with Gasteiger partial charge < -0.3 is 5.73 Å². The minimum absolute atomic E-state index is 0.651. The third kappa shape index (κ3) is 1.75. The Bertz CT molecular complexity index is 624. The number of hydrogen-bond acceptors (Lipinski definition) is 3. The van der Waals surface area contributed by atoms with Crippen molar-refractivity contribution in [3.63, 3.8) is 0 Å². The Morgan fingerprint density at radius 2 is 2.06 bits per heavy atom. The molecule has 2 N–H and O–H groups in total. The van der Waals surface area contributed by atoms with Gasteiger partial charge in [0.05, 0.1) is 11.9 Å². The van der Waals surface area contributed by atoms with E-state index in [1.807, 2.05) is 12.3 Å². The summed E-state index contributed by atoms with van der Waals surface area (Å²) in [5.41, 5.74) is 9.23. The van der Waals surface area contributed by atoms with Crippen LogP contribution >= 0.6 is 11.3 Å². The number of nitrogens with two attached hydrogens (primary N) is 1. The second-order valence-corrected chi connectivity index (χ2v) is 4.73. The first kappa shape index (κ1) is 10.5. The summed E-state index contributed by atoms with van der Waals surface area (Å²) in [7, 11) is 0. The van der Waals surface area contributed by atoms with Crippen molar-refractivity contribution in [2.24, 2.45) is 5.73 Å². The summed E-state index contributed by atoms with van der Waals surface area (Å²) in [5, 5.41) is 2.15. The molecule has 3 rings (SSSR count). The molecule has 0 aliphatic heterocycles. The lowest BCUT2D eigenvalue weighted by molar-refractivity contribution is 0.911. The Kier molecular flexibility index (Phi) is 2.66. The molecule has 1 aromatic carbocycles. The number of fused-ring (bicyclic) bond motifs is 1. The van der Waals surface area contributed by atoms with Gasteiger partial charge in [0, 0.05) is 17.5 Å². The number of thiazole rings is 1. The molecule has 0 aliphatic rings. The van der Waals surface area contributed by atoms with E-state index in [1.54, 1.807) is 11.3 Å². The molecular weight excluding hydrogens is 230 g/mol. The van der Waals surface area contributed by atoms with Gasteiger partial charge in [0.25, 0.3) is 0 Å². The van der Waals surface area contributed by atoms with Gasteiger partial charge in [0.1, 0.15) is 0 Å². The van der Waals surface area contributed by atoms with Crippen molar-refractivity contribution in [1.82, 2.24) is 9.38 Å². The standard InChI is InChI=1S/C13H13N3S/c14-7-6-11-8-15-13-16(11)12(9-17-13)10-4-2-1-3-5-10/h1-5,8-9H,6-7,14H2. The molecule has 3 aromatic rings. The highest BCUT2D eigenvalue weighted by atomic mass is 32.1. The van der Waals surface area contributed by atoms with E-state index in [-0.39, 0.29) is 0 Å². The smallest absolute Gasteiger partial charge is 0.194 e. The summed E-state index contributed by atoms with van der Waals surface area (Å²) >= 11 is 1.67. The average molecular weight is 243 g/mol. The maximum Gasteiger partial charge on any atom is 0.194 e. The first-order valence-corrected chi connectivity index (χ1v) is 6.47. The maximum absolute atomic E-state index is 5.63. The van der Waals surface area contributed by atoms with Gasteiger partial charge in [-0.05, 0) is 12.1 Å². The van der Waals surface area contributed by atoms with Crippen LogP contribution in [0.2, 0.25) is 0 Å². The summed E-state index contributed by atoms with van der Waals surface area (Å²) in [6.07, 6.45) is 2.78. The zero-order valence-electron chi connectivity index (χ0n) is 9.34. The number of imidazole rings is 1. The maximum atomic E-state index is 5.63. The minimum atomic E-state index is 0.651. The van der Waals surface area contributed by atoms with Crippen molar-refractivity contribution in [1.29, 1.82) is 0 Å². The van der Waals surface area contributed by atoms with Crippen molar-refractivity contribution < 1.29 is 0 Å². The molecule has 3 nitrogen and oxygen atoms in total. The molecule has 0 atom stereocenters. The van der Waals surface area contributed by atoms with Crippen molar-refractivity contribution in [2.75, 3.05) is 6.54 Å². The molecule has 17 heavy (non-hydrogen) atoms. The van der Waals surface area contributed by atoms with E-state index in [9.17, 15) is 0 Å². The molecule has 4 heteroatoms. The molecule has 0 spiro atoms. The van der Waals surface area contributed by atoms with Crippen LogP contribution in [0.4, 0.5) is 0 Å². The van der Waals surface area contributed by atoms with Crippen molar-refractivity contribution in [2.45, 2.75) is 6.42 Å². The van der Waals surface area contributed by atoms with E-state index in [2.05, 4.69) is 39.0 Å². The van der Waals surface area contributed by atoms with Crippen LogP contribution in [-0.4, -0.2) is 15.9 Å². The van der Waals surface area contributed by atoms with Crippen LogP contribution < -0.4 is 5.73 Å². The first-order chi connectivity index (χ1) is 8.40. The largest absolute Gasteiger partial charge is 0.330 e. The summed E-state index contributed by atoms with van der Waals surface area (Å²) in [6, 6.07) is 10.4. The predicted octanol–water partition coefficient (Wildman–Crippen LogP) is 2.56. The van der Waals surface area contributed by atoms with Crippen molar-refractivity contribution in [3.8, 4) is 11.3 Å². The third-order valence-corrected chi connectivity index (χ3v) is 3.63. The summed E-state index contributed by atoms with van der Waals surface area (Å²) < 4.78 is 2.20. The number of benzene rings is 1. The predicted molar refractivity (Wildman–Crippen MR) is 71.3 cm³/mol. The highest BCUT2D eigenvalue weighted by Crippen LogP contribution is 2.27. The molecule has 0 fully saturated rings. The molecule has 0 aliphatic carbocycles. The first-order valence-electron chi connectivity index (χ1n) is 5.59. The van der Waals surface area contributed by atoms with Crippen LogP contribution in [0.5, 0.6) is 0 Å². The third-order valence-electron chi connectivity index (χ3n) is 2.79. The quantitative estimate of drug-likeness (QED) is 0.768. The molecule has 0 saturated heterocycles. The van der Waals surface area contributed by atoms with Gasteiger partial charge in [-0.3, -0.25) is 4.40 Å². The van der Waals surface area contributed by atoms with Crippen LogP contribution in [-0.2, 0) is 6.42 Å². The lowest BCUT2D eigenvalue weighted by Gasteiger charge is -2.03. The fourth-order valence-corrected chi connectivity index (χ4v) is 2.89. The van der Waals surface area contributed by atoms with Crippen molar-refractivity contribution >= 4 is 16.3 Å². The van der Waals surface area contributed by atoms with Gasteiger partial charge in [-0.15, -0.1) is 11.3 Å². The van der Waals surface area contributed by atoms with Crippen LogP contribution in [0.25, 0.3) is 16.2 Å². The number of nitrogens with zero attached hydrogens (tertiary/aromatic N) is 2. The van der Waals surface area contributed by atoms with E-state index in [0.717, 1.165) is 11.4 Å². The molecule has 0 amide bonds. The zero-order valence-corrected chi connectivity index (χ0v) is 10.2. The van der Waals surface area contributed by atoms with E-state index in [0.29, 0.717) is 6.54 Å². The van der Waals surface area contributed by atoms with Gasteiger partial charge in [0.2, 0.25) is 0 Å². The van der Waals surface area contributed by atoms with Crippen molar-refractivity contribution in [3.05, 3.63) is 47.6 Å². The average Bonchev–Trinajstić information content (AvgIpc) is 2.94. The molecule has 2 aromatic heterocycles. The lowest BCUT2D eigenvalue weighted by atomic mass is 10.2. The molecule has 0 saturated carbocycles. The normalized spacial score (nSPS) is 11.1. The van der Waals surface area contributed by atoms with E-state index >= 15 is 0 Å². The Labute approximate surface area is 104 Å². The molecule has 86 valence electrons. The molecule has 2 heterocycles. The monoisotopic (exact) mass is 243 g/mol. The fraction of sp³-hybridized carbons (Fsp3) is 0.154. The number of hydrogen-bond donors (Lipinski definition) is 1. The second-order valence-electron chi connectivity index (χ2n) is 3.89. The number of rotatable bonds is 3. The van der Waals surface area contributed by atoms with Crippen LogP contribution in [0.15, 0.2) is 41.9 Å². The molecule has 0 unspecified atom stereocenters. The minimum Gasteiger partial charge on any atom is -0.330 e. The summed E-state index contributed by atoms with van der Waals surface area (Å²) in [5.74, 6) is 0. The SMILES string of the molecule is NCCc1cnc2scc(-c3ccccc3)n12. The highest BCUT2D eigenvalue weighted by molar-refractivity contribution is 7.15. The second kappa shape index (κ2) is 4.31. The Morgan fingerprint density at radius 1 is 1.24 bits per heavy atom. The Balaban J connectivity index is 2.19. The Morgan fingerprint density at radius 3 is 2.82 bits per heavy atom. The van der Waals surface area contributed by atoms with Gasteiger partial charge in [0.15, 0.2) is 4.96 Å². The Hall–Kier alpha value is -1.65. The van der Waals surface area contributed by atoms with Crippen LogP contribution in [0.3, 0.4) is 0 Å². The fourth-order valence-electron chi connectivity index (χ4n) is 2.00. The van der Waals surface area contributed by atoms with Gasteiger partial charge >= 0.3 is 0 Å². The summed E-state index contributed by atoms with van der Waals surface area (Å²) in [4.78, 5) is 5.44. The van der Waals surface area contributed by atoms with E-state index in [1.165, 1.54) is 17.0 Å². The van der Waals surface area contributed by atoms with Crippen LogP contribution in [0, 0.1) is 0 Å². The van der Waals surface area contributed by atoms with Gasteiger partial charge in [-0.1, -0.05) is 30.3 Å². The van der Waals surface area contributed by atoms with E-state index in [4.69, 9.17) is 5.73 Å². The van der Waals surface area contributed by atoms with Gasteiger partial charge in [-0.2, -0.15) is 0 Å². The molecule has 0 radical (unpaired) electrons. The molecular formula is C13H13N3S. The topological polar surface area (TPSA) is 43.3 Å². The van der Waals surface area contributed by atoms with E-state index < -0.39 is 0 Å². The zero-order chi connectivity index (χ0) is 11.7.